The van der Waals surface area contributed by atoms with E-state index >= 15 is 0 Å². The normalized spacial score (nSPS) is 27.7. The van der Waals surface area contributed by atoms with E-state index in [1.165, 1.54) is 12.8 Å². The monoisotopic (exact) mass is 282 g/mol. The Balaban J connectivity index is 2.06. The van der Waals surface area contributed by atoms with Gasteiger partial charge in [-0.2, -0.15) is 0 Å². The van der Waals surface area contributed by atoms with E-state index in [9.17, 15) is 4.79 Å². The maximum atomic E-state index is 12.9. The maximum absolute atomic E-state index is 12.9. The summed E-state index contributed by atoms with van der Waals surface area (Å²) in [5, 5.41) is 0. The molecular weight excluding hydrogens is 252 g/mol. The van der Waals surface area contributed by atoms with Crippen LogP contribution in [0, 0.1) is 11.3 Å². The van der Waals surface area contributed by atoms with Crippen molar-refractivity contribution in [3.05, 3.63) is 0 Å². The molecule has 0 N–H and O–H groups in total. The summed E-state index contributed by atoms with van der Waals surface area (Å²) < 4.78 is 11.8. The highest BCUT2D eigenvalue weighted by molar-refractivity contribution is 5.86. The smallest absolute Gasteiger partial charge is 0.165 e. The average molecular weight is 282 g/mol. The van der Waals surface area contributed by atoms with Crippen LogP contribution in [0.5, 0.6) is 0 Å². The molecule has 20 heavy (non-hydrogen) atoms. The third-order valence-corrected chi connectivity index (χ3v) is 4.79. The highest BCUT2D eigenvalue weighted by atomic mass is 16.5. The van der Waals surface area contributed by atoms with Crippen molar-refractivity contribution in [1.82, 2.24) is 0 Å². The SMILES string of the molecule is CCOC(C(=O)C1CCOC2(CCCC2)C1)C(C)(C)C. The summed E-state index contributed by atoms with van der Waals surface area (Å²) >= 11 is 0. The number of rotatable bonds is 4. The molecule has 1 saturated heterocycles. The standard InChI is InChI=1S/C17H30O3/c1-5-19-15(16(2,3)4)14(18)13-8-11-20-17(12-13)9-6-7-10-17/h13,15H,5-12H2,1-4H3. The van der Waals surface area contributed by atoms with Crippen LogP contribution in [-0.4, -0.2) is 30.7 Å². The van der Waals surface area contributed by atoms with Gasteiger partial charge < -0.3 is 9.47 Å². The quantitative estimate of drug-likeness (QED) is 0.788. The van der Waals surface area contributed by atoms with E-state index in [0.717, 1.165) is 32.3 Å². The Morgan fingerprint density at radius 2 is 2.00 bits per heavy atom. The van der Waals surface area contributed by atoms with Crippen molar-refractivity contribution in [1.29, 1.82) is 0 Å². The molecule has 0 bridgehead atoms. The summed E-state index contributed by atoms with van der Waals surface area (Å²) in [6.07, 6.45) is 6.24. The van der Waals surface area contributed by atoms with Gasteiger partial charge in [-0.15, -0.1) is 0 Å². The zero-order valence-electron chi connectivity index (χ0n) is 13.5. The van der Waals surface area contributed by atoms with Crippen molar-refractivity contribution in [2.75, 3.05) is 13.2 Å². The molecule has 2 rings (SSSR count). The van der Waals surface area contributed by atoms with Crippen LogP contribution in [0.3, 0.4) is 0 Å². The molecule has 0 aromatic heterocycles. The zero-order chi connectivity index (χ0) is 14.8. The van der Waals surface area contributed by atoms with Gasteiger partial charge in [0, 0.05) is 19.1 Å². The summed E-state index contributed by atoms with van der Waals surface area (Å²) in [5.74, 6) is 0.423. The number of Topliss-reactive ketones (excluding diaryl/α,β-unsaturated/α-hetero) is 1. The van der Waals surface area contributed by atoms with Crippen LogP contribution in [0.4, 0.5) is 0 Å². The lowest BCUT2D eigenvalue weighted by Gasteiger charge is -2.40. The van der Waals surface area contributed by atoms with Crippen molar-refractivity contribution < 1.29 is 14.3 Å². The predicted molar refractivity (Wildman–Crippen MR) is 79.8 cm³/mol. The van der Waals surface area contributed by atoms with Crippen LogP contribution in [0.15, 0.2) is 0 Å². The molecular formula is C17H30O3. The summed E-state index contributed by atoms with van der Waals surface area (Å²) in [6.45, 7) is 9.58. The minimum absolute atomic E-state index is 0.00717. The van der Waals surface area contributed by atoms with Crippen molar-refractivity contribution in [3.8, 4) is 0 Å². The Morgan fingerprint density at radius 3 is 2.55 bits per heavy atom. The lowest BCUT2D eigenvalue weighted by Crippen LogP contribution is -2.46. The molecule has 1 heterocycles. The second-order valence-corrected chi connectivity index (χ2v) is 7.53. The van der Waals surface area contributed by atoms with Gasteiger partial charge in [0.1, 0.15) is 6.10 Å². The van der Waals surface area contributed by atoms with Gasteiger partial charge in [0.25, 0.3) is 0 Å². The molecule has 2 fully saturated rings. The molecule has 1 saturated carbocycles. The number of ether oxygens (including phenoxy) is 2. The minimum atomic E-state index is -0.283. The molecule has 0 aromatic carbocycles. The Labute approximate surface area is 123 Å². The van der Waals surface area contributed by atoms with E-state index in [1.54, 1.807) is 0 Å². The first kappa shape index (κ1) is 16.0. The number of hydrogen-bond donors (Lipinski definition) is 0. The summed E-state index contributed by atoms with van der Waals surface area (Å²) in [4.78, 5) is 12.9. The van der Waals surface area contributed by atoms with E-state index in [2.05, 4.69) is 20.8 Å². The van der Waals surface area contributed by atoms with Gasteiger partial charge in [0.2, 0.25) is 0 Å². The van der Waals surface area contributed by atoms with Gasteiger partial charge in [-0.25, -0.2) is 0 Å². The summed E-state index contributed by atoms with van der Waals surface area (Å²) in [7, 11) is 0. The molecule has 0 amide bonds. The van der Waals surface area contributed by atoms with Crippen LogP contribution >= 0.6 is 0 Å². The van der Waals surface area contributed by atoms with Crippen LogP contribution in [0.2, 0.25) is 0 Å². The van der Waals surface area contributed by atoms with Crippen molar-refractivity contribution in [2.24, 2.45) is 11.3 Å². The Bertz CT molecular complexity index is 337. The number of carbonyl (C=O) groups excluding carboxylic acids is 1. The van der Waals surface area contributed by atoms with Gasteiger partial charge >= 0.3 is 0 Å². The highest BCUT2D eigenvalue weighted by Gasteiger charge is 2.45. The molecule has 3 nitrogen and oxygen atoms in total. The number of carbonyl (C=O) groups is 1. The molecule has 1 spiro atoms. The fraction of sp³-hybridized carbons (Fsp3) is 0.941. The first-order valence-corrected chi connectivity index (χ1v) is 8.17. The molecule has 2 atom stereocenters. The lowest BCUT2D eigenvalue weighted by atomic mass is 9.76. The molecule has 1 aliphatic heterocycles. The summed E-state index contributed by atoms with van der Waals surface area (Å²) in [6, 6.07) is 0. The third-order valence-electron chi connectivity index (χ3n) is 4.79. The number of ketones is 1. The van der Waals surface area contributed by atoms with Crippen molar-refractivity contribution in [2.45, 2.75) is 77.9 Å². The minimum Gasteiger partial charge on any atom is -0.375 e. The fourth-order valence-corrected chi connectivity index (χ4v) is 3.78. The Kier molecular flexibility index (Phi) is 4.91. The predicted octanol–water partition coefficient (Wildman–Crippen LogP) is 3.75. The van der Waals surface area contributed by atoms with E-state index < -0.39 is 0 Å². The van der Waals surface area contributed by atoms with E-state index in [4.69, 9.17) is 9.47 Å². The average Bonchev–Trinajstić information content (AvgIpc) is 2.82. The van der Waals surface area contributed by atoms with Gasteiger partial charge in [-0.05, 0) is 38.0 Å². The molecule has 0 radical (unpaired) electrons. The fourth-order valence-electron chi connectivity index (χ4n) is 3.78. The van der Waals surface area contributed by atoms with Crippen LogP contribution in [0.25, 0.3) is 0 Å². The maximum Gasteiger partial charge on any atom is 0.165 e. The summed E-state index contributed by atoms with van der Waals surface area (Å²) in [5.41, 5.74) is -0.124. The van der Waals surface area contributed by atoms with Crippen LogP contribution < -0.4 is 0 Å². The second kappa shape index (κ2) is 6.15. The molecule has 3 heteroatoms. The Morgan fingerprint density at radius 1 is 1.35 bits per heavy atom. The third kappa shape index (κ3) is 3.43. The highest BCUT2D eigenvalue weighted by Crippen LogP contribution is 2.43. The largest absolute Gasteiger partial charge is 0.375 e. The van der Waals surface area contributed by atoms with Gasteiger partial charge in [0.15, 0.2) is 5.78 Å². The lowest BCUT2D eigenvalue weighted by molar-refractivity contribution is -0.153. The van der Waals surface area contributed by atoms with Crippen LogP contribution in [0.1, 0.15) is 66.2 Å². The first-order valence-electron chi connectivity index (χ1n) is 8.17. The second-order valence-electron chi connectivity index (χ2n) is 7.53. The molecule has 116 valence electrons. The van der Waals surface area contributed by atoms with E-state index in [-0.39, 0.29) is 23.0 Å². The first-order chi connectivity index (χ1) is 9.38. The van der Waals surface area contributed by atoms with Crippen molar-refractivity contribution in [3.63, 3.8) is 0 Å². The van der Waals surface area contributed by atoms with E-state index in [0.29, 0.717) is 12.4 Å². The molecule has 2 aliphatic rings. The molecule has 1 aliphatic carbocycles. The van der Waals surface area contributed by atoms with Crippen LogP contribution in [-0.2, 0) is 14.3 Å². The molecule has 2 unspecified atom stereocenters. The zero-order valence-corrected chi connectivity index (χ0v) is 13.5. The van der Waals surface area contributed by atoms with Gasteiger partial charge in [0.05, 0.1) is 5.60 Å². The van der Waals surface area contributed by atoms with Crippen molar-refractivity contribution >= 4 is 5.78 Å². The molecule has 0 aromatic rings. The van der Waals surface area contributed by atoms with Gasteiger partial charge in [-0.3, -0.25) is 4.79 Å². The van der Waals surface area contributed by atoms with E-state index in [1.807, 2.05) is 6.92 Å². The van der Waals surface area contributed by atoms with Gasteiger partial charge in [-0.1, -0.05) is 33.6 Å². The number of hydrogen-bond acceptors (Lipinski definition) is 3. The topological polar surface area (TPSA) is 35.5 Å². The Hall–Kier alpha value is -0.410.